The van der Waals surface area contributed by atoms with Gasteiger partial charge in [-0.05, 0) is 39.0 Å². The second-order valence-corrected chi connectivity index (χ2v) is 5.19. The molecule has 17 heavy (non-hydrogen) atoms. The van der Waals surface area contributed by atoms with Crippen LogP contribution in [0.15, 0.2) is 11.6 Å². The van der Waals surface area contributed by atoms with E-state index in [1.807, 2.05) is 0 Å². The van der Waals surface area contributed by atoms with E-state index in [1.54, 1.807) is 0 Å². The topological polar surface area (TPSA) is 30.5 Å². The van der Waals surface area contributed by atoms with Gasteiger partial charge in [-0.2, -0.15) is 0 Å². The molecule has 2 atom stereocenters. The van der Waals surface area contributed by atoms with Crippen molar-refractivity contribution in [2.75, 3.05) is 26.4 Å². The molecule has 0 amide bonds. The molecule has 3 heteroatoms. The molecule has 0 aliphatic carbocycles. The summed E-state index contributed by atoms with van der Waals surface area (Å²) in [6, 6.07) is 0.516. The predicted molar refractivity (Wildman–Crippen MR) is 69.2 cm³/mol. The molecular weight excluding hydrogens is 214 g/mol. The van der Waals surface area contributed by atoms with Crippen LogP contribution in [-0.4, -0.2) is 38.5 Å². The molecule has 2 unspecified atom stereocenters. The average Bonchev–Trinajstić information content (AvgIpc) is 2.83. The van der Waals surface area contributed by atoms with Crippen molar-refractivity contribution in [3.05, 3.63) is 11.6 Å². The van der Waals surface area contributed by atoms with Crippen molar-refractivity contribution in [3.63, 3.8) is 0 Å². The van der Waals surface area contributed by atoms with Crippen molar-refractivity contribution in [2.45, 2.75) is 51.2 Å². The number of rotatable bonds is 5. The van der Waals surface area contributed by atoms with Crippen molar-refractivity contribution >= 4 is 0 Å². The summed E-state index contributed by atoms with van der Waals surface area (Å²) in [6.07, 6.45) is 8.86. The zero-order chi connectivity index (χ0) is 11.9. The van der Waals surface area contributed by atoms with E-state index in [0.717, 1.165) is 39.2 Å². The Balaban J connectivity index is 1.61. The molecule has 0 radical (unpaired) electrons. The molecule has 2 fully saturated rings. The molecule has 2 aliphatic heterocycles. The fraction of sp³-hybridized carbons (Fsp3) is 0.857. The minimum atomic E-state index is 0.516. The summed E-state index contributed by atoms with van der Waals surface area (Å²) in [5.74, 6) is 0. The van der Waals surface area contributed by atoms with E-state index in [1.165, 1.54) is 24.8 Å². The number of allylic oxidation sites excluding steroid dienone is 1. The Hall–Kier alpha value is -0.380. The molecular formula is C14H25NO2. The average molecular weight is 239 g/mol. The predicted octanol–water partition coefficient (Wildman–Crippen LogP) is 2.27. The lowest BCUT2D eigenvalue weighted by molar-refractivity contribution is 0.0769. The Kier molecular flexibility index (Phi) is 5.49. The van der Waals surface area contributed by atoms with Crippen molar-refractivity contribution in [1.29, 1.82) is 0 Å². The quantitative estimate of drug-likeness (QED) is 0.747. The third-order valence-corrected chi connectivity index (χ3v) is 3.57. The van der Waals surface area contributed by atoms with Gasteiger partial charge in [0, 0.05) is 19.2 Å². The van der Waals surface area contributed by atoms with E-state index < -0.39 is 0 Å². The van der Waals surface area contributed by atoms with Crippen LogP contribution in [0.2, 0.25) is 0 Å². The highest BCUT2D eigenvalue weighted by Gasteiger charge is 2.15. The SMILES string of the molecule is CC(=CCCC1CCCO1)CC1COCCN1. The maximum absolute atomic E-state index is 5.62. The minimum absolute atomic E-state index is 0.516. The zero-order valence-corrected chi connectivity index (χ0v) is 10.9. The van der Waals surface area contributed by atoms with Crippen LogP contribution in [-0.2, 0) is 9.47 Å². The molecule has 0 spiro atoms. The maximum Gasteiger partial charge on any atom is 0.0623 e. The maximum atomic E-state index is 5.62. The highest BCUT2D eigenvalue weighted by Crippen LogP contribution is 2.18. The van der Waals surface area contributed by atoms with Crippen molar-refractivity contribution < 1.29 is 9.47 Å². The molecule has 2 heterocycles. The highest BCUT2D eigenvalue weighted by molar-refractivity contribution is 5.01. The molecule has 0 aromatic rings. The van der Waals surface area contributed by atoms with Gasteiger partial charge in [-0.3, -0.25) is 0 Å². The minimum Gasteiger partial charge on any atom is -0.379 e. The molecule has 98 valence electrons. The summed E-state index contributed by atoms with van der Waals surface area (Å²) in [7, 11) is 0. The van der Waals surface area contributed by atoms with E-state index in [-0.39, 0.29) is 0 Å². The van der Waals surface area contributed by atoms with Gasteiger partial charge in [-0.25, -0.2) is 0 Å². The van der Waals surface area contributed by atoms with Gasteiger partial charge < -0.3 is 14.8 Å². The summed E-state index contributed by atoms with van der Waals surface area (Å²) in [5.41, 5.74) is 1.48. The first-order chi connectivity index (χ1) is 8.34. The number of hydrogen-bond donors (Lipinski definition) is 1. The van der Waals surface area contributed by atoms with Gasteiger partial charge in [0.1, 0.15) is 0 Å². The van der Waals surface area contributed by atoms with Gasteiger partial charge in [0.15, 0.2) is 0 Å². The van der Waals surface area contributed by atoms with Gasteiger partial charge in [0.2, 0.25) is 0 Å². The van der Waals surface area contributed by atoms with Crippen LogP contribution in [0.1, 0.15) is 39.0 Å². The van der Waals surface area contributed by atoms with Gasteiger partial charge in [0.05, 0.1) is 19.3 Å². The molecule has 0 saturated carbocycles. The van der Waals surface area contributed by atoms with Crippen LogP contribution in [0.5, 0.6) is 0 Å². The molecule has 2 saturated heterocycles. The van der Waals surface area contributed by atoms with E-state index in [4.69, 9.17) is 9.47 Å². The highest BCUT2D eigenvalue weighted by atomic mass is 16.5. The third kappa shape index (κ3) is 4.78. The molecule has 0 aromatic carbocycles. The van der Waals surface area contributed by atoms with E-state index in [0.29, 0.717) is 12.1 Å². The van der Waals surface area contributed by atoms with E-state index in [2.05, 4.69) is 18.3 Å². The largest absolute Gasteiger partial charge is 0.379 e. The summed E-state index contributed by atoms with van der Waals surface area (Å²) >= 11 is 0. The second-order valence-electron chi connectivity index (χ2n) is 5.19. The van der Waals surface area contributed by atoms with Crippen molar-refractivity contribution in [2.24, 2.45) is 0 Å². The monoisotopic (exact) mass is 239 g/mol. The number of nitrogens with one attached hydrogen (secondary N) is 1. The number of ether oxygens (including phenoxy) is 2. The number of morpholine rings is 1. The number of hydrogen-bond acceptors (Lipinski definition) is 3. The molecule has 0 bridgehead atoms. The standard InChI is InChI=1S/C14H25NO2/c1-12(10-13-11-16-9-7-15-13)4-2-5-14-6-3-8-17-14/h4,13-15H,2-3,5-11H2,1H3. The Morgan fingerprint density at radius 3 is 3.06 bits per heavy atom. The van der Waals surface area contributed by atoms with Crippen LogP contribution in [0.4, 0.5) is 0 Å². The van der Waals surface area contributed by atoms with Crippen LogP contribution in [0.25, 0.3) is 0 Å². The summed E-state index contributed by atoms with van der Waals surface area (Å²) in [6.45, 7) is 5.91. The normalized spacial score (nSPS) is 30.8. The third-order valence-electron chi connectivity index (χ3n) is 3.57. The Bertz CT molecular complexity index is 241. The van der Waals surface area contributed by atoms with Crippen LogP contribution < -0.4 is 5.32 Å². The van der Waals surface area contributed by atoms with Crippen LogP contribution >= 0.6 is 0 Å². The van der Waals surface area contributed by atoms with Gasteiger partial charge >= 0.3 is 0 Å². The van der Waals surface area contributed by atoms with Crippen molar-refractivity contribution in [3.8, 4) is 0 Å². The summed E-state index contributed by atoms with van der Waals surface area (Å²) < 4.78 is 11.1. The first-order valence-corrected chi connectivity index (χ1v) is 6.93. The molecule has 0 aromatic heterocycles. The lowest BCUT2D eigenvalue weighted by Crippen LogP contribution is -2.41. The first-order valence-electron chi connectivity index (χ1n) is 6.93. The fourth-order valence-corrected chi connectivity index (χ4v) is 2.61. The first kappa shape index (κ1) is 13.1. The van der Waals surface area contributed by atoms with Gasteiger partial charge in [-0.1, -0.05) is 11.6 Å². The lowest BCUT2D eigenvalue weighted by atomic mass is 10.0. The van der Waals surface area contributed by atoms with E-state index >= 15 is 0 Å². The molecule has 3 nitrogen and oxygen atoms in total. The second kappa shape index (κ2) is 7.14. The Morgan fingerprint density at radius 2 is 2.35 bits per heavy atom. The smallest absolute Gasteiger partial charge is 0.0623 e. The lowest BCUT2D eigenvalue weighted by Gasteiger charge is -2.24. The fourth-order valence-electron chi connectivity index (χ4n) is 2.61. The summed E-state index contributed by atoms with van der Waals surface area (Å²) in [4.78, 5) is 0. The van der Waals surface area contributed by atoms with Gasteiger partial charge in [-0.15, -0.1) is 0 Å². The molecule has 2 aliphatic rings. The Morgan fingerprint density at radius 1 is 1.41 bits per heavy atom. The Labute approximate surface area is 105 Å². The molecule has 1 N–H and O–H groups in total. The van der Waals surface area contributed by atoms with E-state index in [9.17, 15) is 0 Å². The zero-order valence-electron chi connectivity index (χ0n) is 10.9. The van der Waals surface area contributed by atoms with Crippen LogP contribution in [0.3, 0.4) is 0 Å². The molecule has 2 rings (SSSR count). The summed E-state index contributed by atoms with van der Waals surface area (Å²) in [5, 5.41) is 3.49. The van der Waals surface area contributed by atoms with Crippen LogP contribution in [0, 0.1) is 0 Å². The van der Waals surface area contributed by atoms with Gasteiger partial charge in [0.25, 0.3) is 0 Å². The van der Waals surface area contributed by atoms with Crippen molar-refractivity contribution in [1.82, 2.24) is 5.32 Å².